The zero-order chi connectivity index (χ0) is 8.74. The van der Waals surface area contributed by atoms with E-state index in [4.69, 9.17) is 11.8 Å². The molecule has 66 valence electrons. The highest BCUT2D eigenvalue weighted by Gasteiger charge is 2.13. The Morgan fingerprint density at radius 2 is 1.82 bits per heavy atom. The summed E-state index contributed by atoms with van der Waals surface area (Å²) in [6.45, 7) is 8.09. The molecule has 0 nitrogen and oxygen atoms in total. The molecule has 0 aromatic carbocycles. The van der Waals surface area contributed by atoms with Crippen LogP contribution in [0.4, 0.5) is 0 Å². The fourth-order valence-corrected chi connectivity index (χ4v) is 10.7. The Labute approximate surface area is 83.1 Å². The third kappa shape index (κ3) is 5.35. The highest BCUT2D eigenvalue weighted by molar-refractivity contribution is 9.00. The van der Waals surface area contributed by atoms with Crippen LogP contribution in [0, 0.1) is 0 Å². The average molecular weight is 226 g/mol. The Balaban J connectivity index is 4.01. The Morgan fingerprint density at radius 1 is 1.36 bits per heavy atom. The van der Waals surface area contributed by atoms with Gasteiger partial charge in [0.15, 0.2) is 0 Å². The molecule has 0 saturated heterocycles. The maximum Gasteiger partial charge on any atom is 0.0608 e. The minimum absolute atomic E-state index is 1.03. The monoisotopic (exact) mass is 226 g/mol. The molecule has 11 heavy (non-hydrogen) atoms. The van der Waals surface area contributed by atoms with Gasteiger partial charge in [-0.2, -0.15) is 0 Å². The summed E-state index contributed by atoms with van der Waals surface area (Å²) in [7, 11) is 0. The highest BCUT2D eigenvalue weighted by Crippen LogP contribution is 2.68. The topological polar surface area (TPSA) is 0 Å². The molecule has 0 N–H and O–H groups in total. The quantitative estimate of drug-likeness (QED) is 0.496. The number of allylic oxidation sites excluding steroid dienone is 1. The van der Waals surface area contributed by atoms with E-state index in [1.807, 2.05) is 28.8 Å². The van der Waals surface area contributed by atoms with Crippen LogP contribution < -0.4 is 0 Å². The zero-order valence-electron chi connectivity index (χ0n) is 7.08. The van der Waals surface area contributed by atoms with Gasteiger partial charge in [0, 0.05) is 6.16 Å². The number of hydrogen-bond donors (Lipinski definition) is 0. The largest absolute Gasteiger partial charge is 0.114 e. The van der Waals surface area contributed by atoms with Crippen molar-refractivity contribution in [1.82, 2.24) is 0 Å². The van der Waals surface area contributed by atoms with Gasteiger partial charge in [-0.25, -0.2) is 0 Å². The van der Waals surface area contributed by atoms with E-state index in [0.29, 0.717) is 0 Å². The molecule has 0 atom stereocenters. The minimum atomic E-state index is -1.17. The second-order valence-electron chi connectivity index (χ2n) is 1.92. The van der Waals surface area contributed by atoms with Crippen molar-refractivity contribution in [1.29, 1.82) is 0 Å². The Hall–Kier alpha value is 1.09. The molecule has 0 radical (unpaired) electrons. The van der Waals surface area contributed by atoms with E-state index in [1.54, 1.807) is 0 Å². The maximum atomic E-state index is 5.57. The van der Waals surface area contributed by atoms with Crippen molar-refractivity contribution >= 4 is 39.0 Å². The molecule has 0 aliphatic heterocycles. The zero-order valence-corrected chi connectivity index (χ0v) is 10.4. The lowest BCUT2D eigenvalue weighted by Crippen LogP contribution is -1.78. The molecular weight excluding hydrogens is 211 g/mol. The van der Waals surface area contributed by atoms with Crippen molar-refractivity contribution in [3.63, 3.8) is 0 Å². The first-order valence-corrected chi connectivity index (χ1v) is 9.84. The van der Waals surface area contributed by atoms with Crippen LogP contribution in [-0.2, 0) is 11.8 Å². The molecule has 0 saturated carbocycles. The summed E-state index contributed by atoms with van der Waals surface area (Å²) in [5.41, 5.74) is 0. The van der Waals surface area contributed by atoms with Crippen LogP contribution in [0.25, 0.3) is 0 Å². The van der Waals surface area contributed by atoms with Crippen molar-refractivity contribution in [3.05, 3.63) is 12.7 Å². The van der Waals surface area contributed by atoms with E-state index >= 15 is 0 Å². The van der Waals surface area contributed by atoms with E-state index in [0.717, 1.165) is 17.7 Å². The summed E-state index contributed by atoms with van der Waals surface area (Å²) in [6, 6.07) is 0. The van der Waals surface area contributed by atoms with Gasteiger partial charge >= 0.3 is 0 Å². The van der Waals surface area contributed by atoms with Crippen molar-refractivity contribution in [2.45, 2.75) is 13.8 Å². The molecule has 0 aliphatic carbocycles. The standard InChI is InChI=1S/C7H15PS3/c1-4-7-8(9,10-5-2)11-6-3/h4H,1,5-7H2,2-3H3. The summed E-state index contributed by atoms with van der Waals surface area (Å²) >= 11 is 9.46. The Morgan fingerprint density at radius 3 is 2.09 bits per heavy atom. The summed E-state index contributed by atoms with van der Waals surface area (Å²) in [5.74, 6) is 2.27. The first-order chi connectivity index (χ1) is 5.18. The lowest BCUT2D eigenvalue weighted by molar-refractivity contribution is 1.54. The lowest BCUT2D eigenvalue weighted by atomic mass is 10.8. The van der Waals surface area contributed by atoms with E-state index in [2.05, 4.69) is 20.4 Å². The molecule has 0 unspecified atom stereocenters. The normalized spacial score (nSPS) is 11.5. The van der Waals surface area contributed by atoms with Gasteiger partial charge in [0.05, 0.1) is 4.44 Å². The first kappa shape index (κ1) is 12.1. The van der Waals surface area contributed by atoms with Crippen LogP contribution in [0.5, 0.6) is 0 Å². The van der Waals surface area contributed by atoms with Crippen LogP contribution in [0.1, 0.15) is 13.8 Å². The van der Waals surface area contributed by atoms with Crippen LogP contribution in [0.2, 0.25) is 0 Å². The van der Waals surface area contributed by atoms with Crippen molar-refractivity contribution in [3.8, 4) is 0 Å². The van der Waals surface area contributed by atoms with Crippen LogP contribution in [0.15, 0.2) is 12.7 Å². The fraction of sp³-hybridized carbons (Fsp3) is 0.714. The van der Waals surface area contributed by atoms with E-state index in [9.17, 15) is 0 Å². The summed E-state index contributed by atoms with van der Waals surface area (Å²) < 4.78 is -1.17. The predicted octanol–water partition coefficient (Wildman–Crippen LogP) is 3.99. The Bertz CT molecular complexity index is 146. The van der Waals surface area contributed by atoms with Gasteiger partial charge in [-0.1, -0.05) is 31.7 Å². The van der Waals surface area contributed by atoms with Crippen LogP contribution in [0.3, 0.4) is 0 Å². The van der Waals surface area contributed by atoms with E-state index in [-0.39, 0.29) is 0 Å². The van der Waals surface area contributed by atoms with Gasteiger partial charge in [0.25, 0.3) is 0 Å². The second kappa shape index (κ2) is 6.59. The molecule has 0 rings (SSSR count). The first-order valence-electron chi connectivity index (χ1n) is 3.67. The smallest absolute Gasteiger partial charge is 0.0608 e. The predicted molar refractivity (Wildman–Crippen MR) is 65.6 cm³/mol. The third-order valence-electron chi connectivity index (χ3n) is 1.00. The maximum absolute atomic E-state index is 5.57. The van der Waals surface area contributed by atoms with Crippen LogP contribution >= 0.6 is 27.2 Å². The van der Waals surface area contributed by atoms with Gasteiger partial charge in [-0.3, -0.25) is 0 Å². The minimum Gasteiger partial charge on any atom is -0.114 e. The van der Waals surface area contributed by atoms with Gasteiger partial charge in [0.1, 0.15) is 0 Å². The van der Waals surface area contributed by atoms with Crippen molar-refractivity contribution < 1.29 is 0 Å². The lowest BCUT2D eigenvalue weighted by Gasteiger charge is -2.16. The summed E-state index contributed by atoms with van der Waals surface area (Å²) in [5, 5.41) is 0. The molecule has 0 aromatic heterocycles. The molecule has 0 amide bonds. The second-order valence-corrected chi connectivity index (χ2v) is 14.4. The molecule has 0 heterocycles. The molecule has 0 fully saturated rings. The third-order valence-corrected chi connectivity index (χ3v) is 12.1. The molecule has 0 bridgehead atoms. The molecule has 0 aromatic rings. The van der Waals surface area contributed by atoms with Crippen molar-refractivity contribution in [2.24, 2.45) is 0 Å². The van der Waals surface area contributed by atoms with Crippen molar-refractivity contribution in [2.75, 3.05) is 17.7 Å². The molecule has 0 aliphatic rings. The van der Waals surface area contributed by atoms with Gasteiger partial charge < -0.3 is 0 Å². The summed E-state index contributed by atoms with van der Waals surface area (Å²) in [4.78, 5) is 0. The van der Waals surface area contributed by atoms with Crippen LogP contribution in [-0.4, -0.2) is 17.7 Å². The summed E-state index contributed by atoms with van der Waals surface area (Å²) in [6.07, 6.45) is 2.99. The Kier molecular flexibility index (Phi) is 7.24. The SMILES string of the molecule is C=CCP(=S)(SCC)SCC. The number of hydrogen-bond acceptors (Lipinski definition) is 3. The molecular formula is C7H15PS3. The fourth-order valence-electron chi connectivity index (χ4n) is 0.694. The molecule has 0 spiro atoms. The molecule has 4 heteroatoms. The van der Waals surface area contributed by atoms with Gasteiger partial charge in [-0.05, 0) is 11.5 Å². The van der Waals surface area contributed by atoms with E-state index in [1.165, 1.54) is 0 Å². The number of rotatable bonds is 6. The highest BCUT2D eigenvalue weighted by atomic mass is 33.2. The van der Waals surface area contributed by atoms with Gasteiger partial charge in [-0.15, -0.1) is 29.3 Å². The van der Waals surface area contributed by atoms with E-state index < -0.39 is 4.44 Å². The average Bonchev–Trinajstić information content (AvgIpc) is 1.88. The van der Waals surface area contributed by atoms with Gasteiger partial charge in [0.2, 0.25) is 0 Å².